The highest BCUT2D eigenvalue weighted by Gasteiger charge is 2.26. The molecule has 0 spiro atoms. The fraction of sp³-hybridized carbons (Fsp3) is 0.476. The Bertz CT molecular complexity index is 976. The van der Waals surface area contributed by atoms with Gasteiger partial charge in [0.05, 0.1) is 5.56 Å². The molecule has 0 radical (unpaired) electrons. The highest BCUT2D eigenvalue weighted by Crippen LogP contribution is 2.38. The highest BCUT2D eigenvalue weighted by atomic mass is 32.1. The third-order valence-electron chi connectivity index (χ3n) is 5.54. The van der Waals surface area contributed by atoms with Crippen LogP contribution in [0.4, 0.5) is 5.00 Å². The molecule has 2 heterocycles. The van der Waals surface area contributed by atoms with E-state index in [1.54, 1.807) is 0 Å². The molecule has 4 rings (SSSR count). The summed E-state index contributed by atoms with van der Waals surface area (Å²) in [5.74, 6) is -0.847. The van der Waals surface area contributed by atoms with Crippen LogP contribution >= 0.6 is 22.7 Å². The van der Waals surface area contributed by atoms with Crippen LogP contribution in [0.3, 0.4) is 0 Å². The number of hydrogen-bond donors (Lipinski definition) is 2. The van der Waals surface area contributed by atoms with Crippen LogP contribution in [0.1, 0.15) is 67.1 Å². The zero-order valence-corrected chi connectivity index (χ0v) is 18.0. The van der Waals surface area contributed by atoms with Gasteiger partial charge in [-0.3, -0.25) is 9.59 Å². The zero-order chi connectivity index (χ0) is 20.5. The normalized spacial score (nSPS) is 17.9. The quantitative estimate of drug-likeness (QED) is 0.704. The Kier molecular flexibility index (Phi) is 5.74. The lowest BCUT2D eigenvalue weighted by Crippen LogP contribution is -2.22. The van der Waals surface area contributed by atoms with Crippen molar-refractivity contribution in [3.63, 3.8) is 0 Å². The van der Waals surface area contributed by atoms with Crippen molar-refractivity contribution in [1.29, 1.82) is 0 Å². The van der Waals surface area contributed by atoms with Crippen molar-refractivity contribution in [2.45, 2.75) is 51.9 Å². The number of primary amides is 1. The molecule has 0 saturated carbocycles. The van der Waals surface area contributed by atoms with Crippen LogP contribution in [0.15, 0.2) is 6.07 Å². The van der Waals surface area contributed by atoms with Crippen LogP contribution in [-0.4, -0.2) is 24.4 Å². The lowest BCUT2D eigenvalue weighted by Gasteiger charge is -2.16. The average Bonchev–Trinajstić information content (AvgIpc) is 3.26. The predicted molar refractivity (Wildman–Crippen MR) is 114 cm³/mol. The molecule has 1 unspecified atom stereocenters. The topological polar surface area (TPSA) is 98.5 Å². The van der Waals surface area contributed by atoms with Crippen LogP contribution in [-0.2, 0) is 35.2 Å². The first kappa shape index (κ1) is 20.1. The molecule has 29 heavy (non-hydrogen) atoms. The van der Waals surface area contributed by atoms with Crippen molar-refractivity contribution in [2.24, 2.45) is 11.7 Å². The van der Waals surface area contributed by atoms with Crippen molar-refractivity contribution in [2.75, 3.05) is 11.9 Å². The smallest absolute Gasteiger partial charge is 0.348 e. The Hall–Kier alpha value is -2.19. The SMILES string of the molecule is CC1CCc2sc(C(=O)OCC(=O)Nc3sc4c(c3C(N)=O)CCCC4)cc2C1. The maximum Gasteiger partial charge on any atom is 0.348 e. The number of fused-ring (bicyclic) bond motifs is 2. The Labute approximate surface area is 177 Å². The number of aryl methyl sites for hydroxylation is 2. The number of amides is 2. The second kappa shape index (κ2) is 8.28. The van der Waals surface area contributed by atoms with E-state index in [1.807, 2.05) is 6.07 Å². The third-order valence-corrected chi connectivity index (χ3v) is 7.96. The van der Waals surface area contributed by atoms with E-state index >= 15 is 0 Å². The first-order chi connectivity index (χ1) is 13.9. The fourth-order valence-corrected chi connectivity index (χ4v) is 6.50. The summed E-state index contributed by atoms with van der Waals surface area (Å²) in [6.07, 6.45) is 6.89. The Morgan fingerprint density at radius 2 is 1.97 bits per heavy atom. The molecule has 2 aromatic rings. The first-order valence-electron chi connectivity index (χ1n) is 9.95. The maximum absolute atomic E-state index is 12.4. The number of carbonyl (C=O) groups excluding carboxylic acids is 3. The summed E-state index contributed by atoms with van der Waals surface area (Å²) < 4.78 is 5.22. The van der Waals surface area contributed by atoms with Crippen molar-refractivity contribution in [3.8, 4) is 0 Å². The second-order valence-corrected chi connectivity index (χ2v) is 10.1. The summed E-state index contributed by atoms with van der Waals surface area (Å²) in [4.78, 5) is 39.5. The van der Waals surface area contributed by atoms with Crippen molar-refractivity contribution < 1.29 is 19.1 Å². The second-order valence-electron chi connectivity index (χ2n) is 7.81. The maximum atomic E-state index is 12.4. The molecule has 6 nitrogen and oxygen atoms in total. The van der Waals surface area contributed by atoms with Crippen LogP contribution in [0.25, 0.3) is 0 Å². The number of esters is 1. The van der Waals surface area contributed by atoms with Gasteiger partial charge in [0.2, 0.25) is 0 Å². The molecule has 2 aliphatic rings. The average molecular weight is 433 g/mol. The number of carbonyl (C=O) groups is 3. The van der Waals surface area contributed by atoms with Gasteiger partial charge in [-0.25, -0.2) is 4.79 Å². The summed E-state index contributed by atoms with van der Waals surface area (Å²) in [5, 5.41) is 3.18. The van der Waals surface area contributed by atoms with Crippen LogP contribution < -0.4 is 11.1 Å². The summed E-state index contributed by atoms with van der Waals surface area (Å²) in [7, 11) is 0. The molecular weight excluding hydrogens is 408 g/mol. The van der Waals surface area contributed by atoms with Gasteiger partial charge < -0.3 is 15.8 Å². The van der Waals surface area contributed by atoms with Gasteiger partial charge in [0.25, 0.3) is 11.8 Å². The fourth-order valence-electron chi connectivity index (χ4n) is 4.09. The van der Waals surface area contributed by atoms with Gasteiger partial charge in [-0.15, -0.1) is 22.7 Å². The molecule has 8 heteroatoms. The van der Waals surface area contributed by atoms with Gasteiger partial charge in [0.1, 0.15) is 9.88 Å². The number of nitrogens with one attached hydrogen (secondary N) is 1. The largest absolute Gasteiger partial charge is 0.451 e. The number of thiophene rings is 2. The van der Waals surface area contributed by atoms with Crippen molar-refractivity contribution >= 4 is 45.5 Å². The molecule has 0 aliphatic heterocycles. The number of rotatable bonds is 5. The molecule has 0 aromatic carbocycles. The minimum Gasteiger partial charge on any atom is -0.451 e. The number of hydrogen-bond acceptors (Lipinski definition) is 6. The van der Waals surface area contributed by atoms with Crippen LogP contribution in [0, 0.1) is 5.92 Å². The summed E-state index contributed by atoms with van der Waals surface area (Å²) in [6.45, 7) is 1.82. The van der Waals surface area contributed by atoms with Gasteiger partial charge in [0.15, 0.2) is 6.61 Å². The Morgan fingerprint density at radius 1 is 1.17 bits per heavy atom. The minimum absolute atomic E-state index is 0.390. The van der Waals surface area contributed by atoms with Crippen molar-refractivity contribution in [3.05, 3.63) is 37.4 Å². The Morgan fingerprint density at radius 3 is 2.76 bits per heavy atom. The number of ether oxygens (including phenoxy) is 1. The first-order valence-corrected chi connectivity index (χ1v) is 11.6. The van der Waals surface area contributed by atoms with Gasteiger partial charge in [-0.1, -0.05) is 6.92 Å². The van der Waals surface area contributed by atoms with E-state index in [2.05, 4.69) is 12.2 Å². The van der Waals surface area contributed by atoms with Gasteiger partial charge in [0, 0.05) is 9.75 Å². The van der Waals surface area contributed by atoms with Crippen molar-refractivity contribution in [1.82, 2.24) is 0 Å². The molecular formula is C21H24N2O4S2. The summed E-state index contributed by atoms with van der Waals surface area (Å²) >= 11 is 2.86. The molecule has 154 valence electrons. The molecule has 2 aliphatic carbocycles. The molecule has 3 N–H and O–H groups in total. The van der Waals surface area contributed by atoms with E-state index in [1.165, 1.54) is 33.1 Å². The molecule has 2 amide bonds. The molecule has 0 bridgehead atoms. The zero-order valence-electron chi connectivity index (χ0n) is 16.3. The summed E-state index contributed by atoms with van der Waals surface area (Å²) in [5.41, 5.74) is 8.13. The van der Waals surface area contributed by atoms with E-state index in [0.717, 1.165) is 55.4 Å². The third kappa shape index (κ3) is 4.23. The van der Waals surface area contributed by atoms with Crippen LogP contribution in [0.2, 0.25) is 0 Å². The van der Waals surface area contributed by atoms with E-state index in [9.17, 15) is 14.4 Å². The lowest BCUT2D eigenvalue weighted by molar-refractivity contribution is -0.119. The van der Waals surface area contributed by atoms with E-state index in [4.69, 9.17) is 10.5 Å². The number of anilines is 1. The highest BCUT2D eigenvalue weighted by molar-refractivity contribution is 7.17. The van der Waals surface area contributed by atoms with E-state index in [-0.39, 0.29) is 0 Å². The molecule has 0 fully saturated rings. The predicted octanol–water partition coefficient (Wildman–Crippen LogP) is 3.71. The molecule has 0 saturated heterocycles. The Balaban J connectivity index is 1.39. The standard InChI is InChI=1S/C21H24N2O4S2/c1-11-6-7-14-12(8-11)9-16(28-14)21(26)27-10-17(24)23-20-18(19(22)25)13-4-2-3-5-15(13)29-20/h9,11H,2-8,10H2,1H3,(H2,22,25)(H,23,24). The van der Waals surface area contributed by atoms with Gasteiger partial charge >= 0.3 is 5.97 Å². The minimum atomic E-state index is -0.532. The van der Waals surface area contributed by atoms with E-state index < -0.39 is 24.4 Å². The monoisotopic (exact) mass is 432 g/mol. The van der Waals surface area contributed by atoms with E-state index in [0.29, 0.717) is 21.4 Å². The van der Waals surface area contributed by atoms with Crippen LogP contribution in [0.5, 0.6) is 0 Å². The van der Waals surface area contributed by atoms with Gasteiger partial charge in [-0.2, -0.15) is 0 Å². The number of nitrogens with two attached hydrogens (primary N) is 1. The van der Waals surface area contributed by atoms with Gasteiger partial charge in [-0.05, 0) is 68.1 Å². The summed E-state index contributed by atoms with van der Waals surface area (Å²) in [6, 6.07) is 1.90. The molecule has 1 atom stereocenters. The molecule has 2 aromatic heterocycles. The lowest BCUT2D eigenvalue weighted by atomic mass is 9.90.